The first kappa shape index (κ1) is 13.4. The molecule has 0 radical (unpaired) electrons. The maximum absolute atomic E-state index is 11.8. The van der Waals surface area contributed by atoms with Crippen molar-refractivity contribution in [2.45, 2.75) is 13.2 Å². The van der Waals surface area contributed by atoms with Gasteiger partial charge in [-0.25, -0.2) is 4.79 Å². The molecule has 1 aliphatic heterocycles. The number of hydrogen-bond donors (Lipinski definition) is 1. The van der Waals surface area contributed by atoms with E-state index in [0.29, 0.717) is 16.9 Å². The van der Waals surface area contributed by atoms with Gasteiger partial charge in [-0.2, -0.15) is 0 Å². The second-order valence-electron chi connectivity index (χ2n) is 4.42. The van der Waals surface area contributed by atoms with Gasteiger partial charge in [-0.05, 0) is 17.7 Å². The van der Waals surface area contributed by atoms with Gasteiger partial charge in [0.1, 0.15) is 12.3 Å². The number of aliphatic hydroxyl groups excluding tert-OH is 1. The van der Waals surface area contributed by atoms with E-state index in [0.717, 1.165) is 0 Å². The fourth-order valence-electron chi connectivity index (χ4n) is 2.05. The fourth-order valence-corrected chi connectivity index (χ4v) is 2.05. The Morgan fingerprint density at radius 3 is 2.63 bits per heavy atom. The Kier molecular flexibility index (Phi) is 3.71. The molecule has 0 aliphatic carbocycles. The van der Waals surface area contributed by atoms with Crippen molar-refractivity contribution in [3.8, 4) is 5.75 Å². The van der Waals surface area contributed by atoms with Gasteiger partial charge in [0, 0.05) is 12.6 Å². The van der Waals surface area contributed by atoms with Gasteiger partial charge in [0.2, 0.25) is 0 Å². The number of ether oxygens (including phenoxy) is 1. The molecule has 3 amide bonds. The Hall–Kier alpha value is -2.08. The van der Waals surface area contributed by atoms with Crippen molar-refractivity contribution >= 4 is 11.9 Å². The van der Waals surface area contributed by atoms with Crippen LogP contribution in [0.25, 0.3) is 0 Å². The largest absolute Gasteiger partial charge is 0.496 e. The zero-order chi connectivity index (χ0) is 14.0. The lowest BCUT2D eigenvalue weighted by Crippen LogP contribution is -2.31. The molecule has 6 heteroatoms. The fraction of sp³-hybridized carbons (Fsp3) is 0.385. The molecule has 0 saturated carbocycles. The molecule has 1 fully saturated rings. The highest BCUT2D eigenvalue weighted by Gasteiger charge is 2.33. The van der Waals surface area contributed by atoms with Crippen LogP contribution in [0.15, 0.2) is 18.2 Å². The second-order valence-corrected chi connectivity index (χ2v) is 4.42. The van der Waals surface area contributed by atoms with Crippen LogP contribution in [0.2, 0.25) is 0 Å². The maximum atomic E-state index is 11.8. The Balaban J connectivity index is 2.27. The predicted octanol–water partition coefficient (Wildman–Crippen LogP) is 0.582. The molecule has 0 bridgehead atoms. The minimum absolute atomic E-state index is 0.0981. The summed E-state index contributed by atoms with van der Waals surface area (Å²) in [5.74, 6) is 0.358. The molecule has 0 aromatic heterocycles. The summed E-state index contributed by atoms with van der Waals surface area (Å²) in [4.78, 5) is 26.1. The van der Waals surface area contributed by atoms with Crippen molar-refractivity contribution in [2.24, 2.45) is 0 Å². The quantitative estimate of drug-likeness (QED) is 0.808. The average molecular weight is 264 g/mol. The SMILES string of the molecule is COc1ccc(CO)cc1CN1C(=O)CN(C)C1=O. The number of likely N-dealkylation sites (N-methyl/N-ethyl adjacent to an activating group) is 1. The lowest BCUT2D eigenvalue weighted by molar-refractivity contribution is -0.125. The van der Waals surface area contributed by atoms with Crippen molar-refractivity contribution in [2.75, 3.05) is 20.7 Å². The molecule has 102 valence electrons. The third-order valence-corrected chi connectivity index (χ3v) is 3.09. The lowest BCUT2D eigenvalue weighted by Gasteiger charge is -2.16. The molecular weight excluding hydrogens is 248 g/mol. The highest BCUT2D eigenvalue weighted by Crippen LogP contribution is 2.23. The van der Waals surface area contributed by atoms with E-state index in [1.807, 2.05) is 0 Å². The molecule has 0 spiro atoms. The van der Waals surface area contributed by atoms with Gasteiger partial charge >= 0.3 is 6.03 Å². The summed E-state index contributed by atoms with van der Waals surface area (Å²) in [7, 11) is 3.11. The molecule has 19 heavy (non-hydrogen) atoms. The summed E-state index contributed by atoms with van der Waals surface area (Å²) in [6.07, 6.45) is 0. The van der Waals surface area contributed by atoms with E-state index in [9.17, 15) is 9.59 Å². The van der Waals surface area contributed by atoms with Gasteiger partial charge in [0.25, 0.3) is 5.91 Å². The van der Waals surface area contributed by atoms with Crippen LogP contribution in [0.4, 0.5) is 4.79 Å². The van der Waals surface area contributed by atoms with Crippen molar-refractivity contribution in [3.63, 3.8) is 0 Å². The topological polar surface area (TPSA) is 70.1 Å². The van der Waals surface area contributed by atoms with Crippen molar-refractivity contribution in [1.82, 2.24) is 9.80 Å². The third-order valence-electron chi connectivity index (χ3n) is 3.09. The predicted molar refractivity (Wildman–Crippen MR) is 67.5 cm³/mol. The number of carbonyl (C=O) groups excluding carboxylic acids is 2. The summed E-state index contributed by atoms with van der Waals surface area (Å²) in [5.41, 5.74) is 1.41. The van der Waals surface area contributed by atoms with Crippen molar-refractivity contribution < 1.29 is 19.4 Å². The van der Waals surface area contributed by atoms with E-state index in [4.69, 9.17) is 9.84 Å². The zero-order valence-corrected chi connectivity index (χ0v) is 10.9. The van der Waals surface area contributed by atoms with E-state index in [1.165, 1.54) is 16.9 Å². The first-order valence-corrected chi connectivity index (χ1v) is 5.89. The lowest BCUT2D eigenvalue weighted by atomic mass is 10.1. The molecule has 1 aromatic carbocycles. The van der Waals surface area contributed by atoms with Gasteiger partial charge < -0.3 is 14.7 Å². The van der Waals surface area contributed by atoms with Crippen LogP contribution in [0.3, 0.4) is 0 Å². The first-order chi connectivity index (χ1) is 9.06. The molecule has 0 unspecified atom stereocenters. The van der Waals surface area contributed by atoms with Crippen LogP contribution in [0, 0.1) is 0 Å². The van der Waals surface area contributed by atoms with Crippen LogP contribution in [0.1, 0.15) is 11.1 Å². The Morgan fingerprint density at radius 1 is 1.37 bits per heavy atom. The molecule has 1 aliphatic rings. The van der Waals surface area contributed by atoms with Crippen LogP contribution < -0.4 is 4.74 Å². The van der Waals surface area contributed by atoms with Crippen molar-refractivity contribution in [3.05, 3.63) is 29.3 Å². The second kappa shape index (κ2) is 5.27. The number of imide groups is 1. The minimum atomic E-state index is -0.318. The van der Waals surface area contributed by atoms with Crippen molar-refractivity contribution in [1.29, 1.82) is 0 Å². The van der Waals surface area contributed by atoms with E-state index in [1.54, 1.807) is 25.2 Å². The van der Waals surface area contributed by atoms with Gasteiger partial charge in [0.05, 0.1) is 20.3 Å². The standard InChI is InChI=1S/C13H16N2O4/c1-14-7-12(17)15(13(14)18)6-10-5-9(8-16)3-4-11(10)19-2/h3-5,16H,6-8H2,1-2H3. The summed E-state index contributed by atoms with van der Waals surface area (Å²) in [6, 6.07) is 4.87. The molecule has 1 aromatic rings. The van der Waals surface area contributed by atoms with Crippen LogP contribution in [-0.2, 0) is 17.9 Å². The molecule has 6 nitrogen and oxygen atoms in total. The Morgan fingerprint density at radius 2 is 2.11 bits per heavy atom. The molecular formula is C13H16N2O4. The number of urea groups is 1. The number of amides is 3. The van der Waals surface area contributed by atoms with Gasteiger partial charge in [-0.15, -0.1) is 0 Å². The first-order valence-electron chi connectivity index (χ1n) is 5.89. The molecule has 2 rings (SSSR count). The number of nitrogens with zero attached hydrogens (tertiary/aromatic N) is 2. The monoisotopic (exact) mass is 264 g/mol. The number of aliphatic hydroxyl groups is 1. The van der Waals surface area contributed by atoms with E-state index >= 15 is 0 Å². The van der Waals surface area contributed by atoms with Crippen LogP contribution in [-0.4, -0.2) is 47.5 Å². The molecule has 1 N–H and O–H groups in total. The Labute approximate surface area is 111 Å². The maximum Gasteiger partial charge on any atom is 0.327 e. The summed E-state index contributed by atoms with van der Waals surface area (Å²) in [5, 5.41) is 9.14. The summed E-state index contributed by atoms with van der Waals surface area (Å²) in [6.45, 7) is 0.151. The normalized spacial score (nSPS) is 15.3. The van der Waals surface area contributed by atoms with E-state index < -0.39 is 0 Å². The summed E-state index contributed by atoms with van der Waals surface area (Å²) < 4.78 is 5.21. The number of methoxy groups -OCH3 is 1. The average Bonchev–Trinajstić information content (AvgIpc) is 2.65. The van der Waals surface area contributed by atoms with E-state index in [-0.39, 0.29) is 31.6 Å². The van der Waals surface area contributed by atoms with Gasteiger partial charge in [-0.1, -0.05) is 6.07 Å². The number of carbonyl (C=O) groups is 2. The number of hydrogen-bond acceptors (Lipinski definition) is 4. The third kappa shape index (κ3) is 2.53. The molecule has 1 heterocycles. The van der Waals surface area contributed by atoms with Gasteiger partial charge in [-0.3, -0.25) is 9.69 Å². The van der Waals surface area contributed by atoms with Crippen LogP contribution in [0.5, 0.6) is 5.75 Å². The minimum Gasteiger partial charge on any atom is -0.496 e. The van der Waals surface area contributed by atoms with Gasteiger partial charge in [0.15, 0.2) is 0 Å². The van der Waals surface area contributed by atoms with E-state index in [2.05, 4.69) is 0 Å². The molecule has 0 atom stereocenters. The van der Waals surface area contributed by atoms with Crippen LogP contribution >= 0.6 is 0 Å². The summed E-state index contributed by atoms with van der Waals surface area (Å²) >= 11 is 0. The smallest absolute Gasteiger partial charge is 0.327 e. The zero-order valence-electron chi connectivity index (χ0n) is 10.9. The Bertz CT molecular complexity index is 515. The molecule has 1 saturated heterocycles. The highest BCUT2D eigenvalue weighted by atomic mass is 16.5. The highest BCUT2D eigenvalue weighted by molar-refractivity contribution is 6.01. The number of rotatable bonds is 4. The number of benzene rings is 1.